The van der Waals surface area contributed by atoms with Crippen molar-refractivity contribution in [1.82, 2.24) is 4.98 Å². The van der Waals surface area contributed by atoms with Crippen LogP contribution in [-0.2, 0) is 0 Å². The van der Waals surface area contributed by atoms with Crippen LogP contribution in [0.5, 0.6) is 0 Å². The molecular weight excluding hydrogens is 222 g/mol. The molecule has 0 unspecified atom stereocenters. The average Bonchev–Trinajstić information content (AvgIpc) is 2.77. The number of nitrogens with one attached hydrogen (secondary N) is 1. The van der Waals surface area contributed by atoms with E-state index in [1.165, 1.54) is 43.4 Å². The molecule has 2 heteroatoms. The summed E-state index contributed by atoms with van der Waals surface area (Å²) in [7, 11) is 0. The van der Waals surface area contributed by atoms with Crippen LogP contribution in [0.2, 0.25) is 0 Å². The maximum Gasteiger partial charge on any atom is 0.152 e. The number of rotatable bonds is 2. The largest absolute Gasteiger partial charge is 0.358 e. The number of hydrogen-bond acceptors (Lipinski definition) is 1. The molecule has 0 bridgehead atoms. The molecule has 1 fully saturated rings. The summed E-state index contributed by atoms with van der Waals surface area (Å²) < 4.78 is 0. The highest BCUT2D eigenvalue weighted by molar-refractivity contribution is 5.99. The highest BCUT2D eigenvalue weighted by Gasteiger charge is 2.21. The Bertz CT molecular complexity index is 576. The smallest absolute Gasteiger partial charge is 0.152 e. The maximum atomic E-state index is 11.4. The van der Waals surface area contributed by atoms with E-state index >= 15 is 0 Å². The Balaban J connectivity index is 2.13. The molecule has 94 valence electrons. The van der Waals surface area contributed by atoms with Gasteiger partial charge in [-0.05, 0) is 37.8 Å². The van der Waals surface area contributed by atoms with Gasteiger partial charge in [-0.3, -0.25) is 4.79 Å². The van der Waals surface area contributed by atoms with E-state index in [2.05, 4.69) is 30.1 Å². The third-order valence-corrected chi connectivity index (χ3v) is 4.16. The number of aromatic amines is 1. The van der Waals surface area contributed by atoms with E-state index in [1.54, 1.807) is 0 Å². The molecule has 3 rings (SSSR count). The molecule has 1 N–H and O–H groups in total. The van der Waals surface area contributed by atoms with Gasteiger partial charge in [-0.15, -0.1) is 0 Å². The SMILES string of the molecule is Cc1ccc2[nH]c(C3CCCCC3)c(C=O)c2c1. The summed E-state index contributed by atoms with van der Waals surface area (Å²) >= 11 is 0. The van der Waals surface area contributed by atoms with Crippen molar-refractivity contribution >= 4 is 17.2 Å². The summed E-state index contributed by atoms with van der Waals surface area (Å²) in [6, 6.07) is 6.30. The molecule has 0 aliphatic heterocycles. The van der Waals surface area contributed by atoms with Gasteiger partial charge in [0.05, 0.1) is 0 Å². The maximum absolute atomic E-state index is 11.4. The van der Waals surface area contributed by atoms with Gasteiger partial charge in [-0.1, -0.05) is 30.9 Å². The molecule has 2 nitrogen and oxygen atoms in total. The first-order valence-electron chi connectivity index (χ1n) is 6.87. The molecule has 0 saturated heterocycles. The van der Waals surface area contributed by atoms with Gasteiger partial charge in [-0.2, -0.15) is 0 Å². The van der Waals surface area contributed by atoms with Crippen LogP contribution in [0.1, 0.15) is 59.6 Å². The van der Waals surface area contributed by atoms with E-state index in [0.717, 1.165) is 22.8 Å². The lowest BCUT2D eigenvalue weighted by atomic mass is 9.85. The molecule has 1 aromatic carbocycles. The van der Waals surface area contributed by atoms with E-state index in [-0.39, 0.29) is 0 Å². The lowest BCUT2D eigenvalue weighted by Gasteiger charge is -2.21. The Labute approximate surface area is 107 Å². The van der Waals surface area contributed by atoms with Crippen molar-refractivity contribution in [3.8, 4) is 0 Å². The number of carbonyl (C=O) groups is 1. The number of fused-ring (bicyclic) bond motifs is 1. The van der Waals surface area contributed by atoms with Gasteiger partial charge >= 0.3 is 0 Å². The third-order valence-electron chi connectivity index (χ3n) is 4.16. The van der Waals surface area contributed by atoms with Gasteiger partial charge < -0.3 is 4.98 Å². The first-order chi connectivity index (χ1) is 8.79. The molecule has 1 saturated carbocycles. The first kappa shape index (κ1) is 11.5. The van der Waals surface area contributed by atoms with Crippen LogP contribution in [0.25, 0.3) is 10.9 Å². The molecular formula is C16H19NO. The van der Waals surface area contributed by atoms with Gasteiger partial charge in [0, 0.05) is 22.2 Å². The van der Waals surface area contributed by atoms with Crippen molar-refractivity contribution < 1.29 is 4.79 Å². The molecule has 0 spiro atoms. The van der Waals surface area contributed by atoms with E-state index < -0.39 is 0 Å². The van der Waals surface area contributed by atoms with Crippen molar-refractivity contribution in [2.24, 2.45) is 0 Å². The van der Waals surface area contributed by atoms with Gasteiger partial charge in [-0.25, -0.2) is 0 Å². The first-order valence-corrected chi connectivity index (χ1v) is 6.87. The molecule has 0 radical (unpaired) electrons. The van der Waals surface area contributed by atoms with E-state index in [4.69, 9.17) is 0 Å². The second kappa shape index (κ2) is 4.60. The molecule has 1 heterocycles. The number of aldehydes is 1. The molecule has 1 aliphatic rings. The van der Waals surface area contributed by atoms with Crippen molar-refractivity contribution in [2.75, 3.05) is 0 Å². The molecule has 2 aromatic rings. The van der Waals surface area contributed by atoms with Crippen LogP contribution in [-0.4, -0.2) is 11.3 Å². The Morgan fingerprint density at radius 3 is 2.72 bits per heavy atom. The zero-order valence-electron chi connectivity index (χ0n) is 10.8. The lowest BCUT2D eigenvalue weighted by Crippen LogP contribution is -2.06. The van der Waals surface area contributed by atoms with Crippen molar-refractivity contribution in [2.45, 2.75) is 44.9 Å². The second-order valence-electron chi connectivity index (χ2n) is 5.45. The molecule has 0 atom stereocenters. The third kappa shape index (κ3) is 1.86. The predicted molar refractivity (Wildman–Crippen MR) is 74.2 cm³/mol. The van der Waals surface area contributed by atoms with Crippen LogP contribution in [0.4, 0.5) is 0 Å². The van der Waals surface area contributed by atoms with Crippen LogP contribution in [0.3, 0.4) is 0 Å². The minimum atomic E-state index is 0.548. The fraction of sp³-hybridized carbons (Fsp3) is 0.438. The van der Waals surface area contributed by atoms with E-state index in [0.29, 0.717) is 5.92 Å². The minimum Gasteiger partial charge on any atom is -0.358 e. The van der Waals surface area contributed by atoms with Crippen LogP contribution < -0.4 is 0 Å². The fourth-order valence-corrected chi connectivity index (χ4v) is 3.19. The van der Waals surface area contributed by atoms with E-state index in [9.17, 15) is 4.79 Å². The number of aryl methyl sites for hydroxylation is 1. The standard InChI is InChI=1S/C16H19NO/c1-11-7-8-15-13(9-11)14(10-18)16(17-15)12-5-3-2-4-6-12/h7-10,12,17H,2-6H2,1H3. The number of H-pyrrole nitrogens is 1. The number of aromatic nitrogens is 1. The topological polar surface area (TPSA) is 32.9 Å². The van der Waals surface area contributed by atoms with Gasteiger partial charge in [0.15, 0.2) is 6.29 Å². The Hall–Kier alpha value is -1.57. The Morgan fingerprint density at radius 2 is 2.00 bits per heavy atom. The number of carbonyl (C=O) groups excluding carboxylic acids is 1. The predicted octanol–water partition coefficient (Wildman–Crippen LogP) is 4.34. The van der Waals surface area contributed by atoms with Crippen molar-refractivity contribution in [3.05, 3.63) is 35.0 Å². The number of benzene rings is 1. The molecule has 1 aromatic heterocycles. The summed E-state index contributed by atoms with van der Waals surface area (Å²) in [4.78, 5) is 14.9. The summed E-state index contributed by atoms with van der Waals surface area (Å²) in [5.41, 5.74) is 4.37. The summed E-state index contributed by atoms with van der Waals surface area (Å²) in [5, 5.41) is 1.09. The summed E-state index contributed by atoms with van der Waals surface area (Å²) in [6.07, 6.45) is 7.38. The van der Waals surface area contributed by atoms with E-state index in [1.807, 2.05) is 0 Å². The summed E-state index contributed by atoms with van der Waals surface area (Å²) in [6.45, 7) is 2.07. The van der Waals surface area contributed by atoms with Gasteiger partial charge in [0.25, 0.3) is 0 Å². The lowest BCUT2D eigenvalue weighted by molar-refractivity contribution is 0.112. The number of hydrogen-bond donors (Lipinski definition) is 1. The van der Waals surface area contributed by atoms with Crippen LogP contribution >= 0.6 is 0 Å². The van der Waals surface area contributed by atoms with Crippen LogP contribution in [0, 0.1) is 6.92 Å². The minimum absolute atomic E-state index is 0.548. The van der Waals surface area contributed by atoms with Crippen molar-refractivity contribution in [1.29, 1.82) is 0 Å². The van der Waals surface area contributed by atoms with Crippen molar-refractivity contribution in [3.63, 3.8) is 0 Å². The molecule has 0 amide bonds. The molecule has 18 heavy (non-hydrogen) atoms. The Kier molecular flexibility index (Phi) is 2.94. The van der Waals surface area contributed by atoms with Gasteiger partial charge in [0.2, 0.25) is 0 Å². The quantitative estimate of drug-likeness (QED) is 0.779. The zero-order valence-corrected chi connectivity index (χ0v) is 10.8. The second-order valence-corrected chi connectivity index (χ2v) is 5.45. The molecule has 1 aliphatic carbocycles. The van der Waals surface area contributed by atoms with Gasteiger partial charge in [0.1, 0.15) is 0 Å². The average molecular weight is 241 g/mol. The fourth-order valence-electron chi connectivity index (χ4n) is 3.19. The summed E-state index contributed by atoms with van der Waals surface area (Å²) in [5.74, 6) is 0.548. The van der Waals surface area contributed by atoms with Crippen LogP contribution in [0.15, 0.2) is 18.2 Å². The normalized spacial score (nSPS) is 17.2. The highest BCUT2D eigenvalue weighted by Crippen LogP contribution is 2.36. The monoisotopic (exact) mass is 241 g/mol. The highest BCUT2D eigenvalue weighted by atomic mass is 16.1. The zero-order chi connectivity index (χ0) is 12.5. The Morgan fingerprint density at radius 1 is 1.22 bits per heavy atom.